The van der Waals surface area contributed by atoms with Crippen molar-refractivity contribution in [1.82, 2.24) is 5.32 Å². The molecule has 1 atom stereocenters. The van der Waals surface area contributed by atoms with Crippen LogP contribution in [0.15, 0.2) is 24.3 Å². The second kappa shape index (κ2) is 7.39. The normalized spacial score (nSPS) is 12.7. The number of ether oxygens (including phenoxy) is 1. The van der Waals surface area contributed by atoms with Crippen LogP contribution in [0.3, 0.4) is 0 Å². The number of nitrogens with one attached hydrogen (secondary N) is 1. The summed E-state index contributed by atoms with van der Waals surface area (Å²) in [6.07, 6.45) is 1.02. The van der Waals surface area contributed by atoms with E-state index in [4.69, 9.17) is 9.84 Å². The number of methoxy groups -OCH3 is 1. The molecule has 2 N–H and O–H groups in total. The van der Waals surface area contributed by atoms with E-state index in [2.05, 4.69) is 12.2 Å². The topological polar surface area (TPSA) is 41.5 Å². The van der Waals surface area contributed by atoms with Gasteiger partial charge in [0.15, 0.2) is 0 Å². The van der Waals surface area contributed by atoms with E-state index in [9.17, 15) is 0 Å². The van der Waals surface area contributed by atoms with Gasteiger partial charge in [-0.3, -0.25) is 0 Å². The maximum absolute atomic E-state index is 8.91. The molecule has 0 radical (unpaired) electrons. The fraction of sp³-hybridized carbons (Fsp3) is 0.538. The predicted octanol–water partition coefficient (Wildman–Crippen LogP) is 1.69. The summed E-state index contributed by atoms with van der Waals surface area (Å²) in [5, 5.41) is 12.3. The molecule has 0 bridgehead atoms. The summed E-state index contributed by atoms with van der Waals surface area (Å²) < 4.78 is 5.03. The molecular weight excluding hydrogens is 202 g/mol. The summed E-state index contributed by atoms with van der Waals surface area (Å²) in [7, 11) is 1.72. The fourth-order valence-corrected chi connectivity index (χ4v) is 1.45. The molecule has 0 aliphatic heterocycles. The number of aliphatic hydroxyl groups is 1. The Morgan fingerprint density at radius 1 is 1.25 bits per heavy atom. The van der Waals surface area contributed by atoms with Crippen molar-refractivity contribution in [3.63, 3.8) is 0 Å². The molecule has 16 heavy (non-hydrogen) atoms. The van der Waals surface area contributed by atoms with Crippen LogP contribution in [0.1, 0.15) is 24.5 Å². The Morgan fingerprint density at radius 2 is 1.88 bits per heavy atom. The van der Waals surface area contributed by atoms with Gasteiger partial charge < -0.3 is 15.2 Å². The molecule has 0 saturated heterocycles. The lowest BCUT2D eigenvalue weighted by atomic mass is 10.1. The van der Waals surface area contributed by atoms with Gasteiger partial charge in [0.05, 0.1) is 6.61 Å². The van der Waals surface area contributed by atoms with E-state index < -0.39 is 0 Å². The van der Waals surface area contributed by atoms with Gasteiger partial charge in [-0.25, -0.2) is 0 Å². The van der Waals surface area contributed by atoms with Crippen LogP contribution in [-0.4, -0.2) is 24.9 Å². The van der Waals surface area contributed by atoms with E-state index in [1.54, 1.807) is 7.11 Å². The maximum atomic E-state index is 8.91. The highest BCUT2D eigenvalue weighted by Crippen LogP contribution is 2.04. The van der Waals surface area contributed by atoms with Gasteiger partial charge in [0.2, 0.25) is 0 Å². The van der Waals surface area contributed by atoms with E-state index >= 15 is 0 Å². The van der Waals surface area contributed by atoms with Crippen molar-refractivity contribution in [1.29, 1.82) is 0 Å². The van der Waals surface area contributed by atoms with Gasteiger partial charge in [-0.2, -0.15) is 0 Å². The Bertz CT molecular complexity index is 284. The molecular formula is C13H21NO2. The molecule has 0 aliphatic rings. The Hall–Kier alpha value is -0.900. The van der Waals surface area contributed by atoms with Crippen molar-refractivity contribution in [2.75, 3.05) is 13.7 Å². The summed E-state index contributed by atoms with van der Waals surface area (Å²) in [4.78, 5) is 0. The van der Waals surface area contributed by atoms with E-state index in [1.165, 1.54) is 5.56 Å². The van der Waals surface area contributed by atoms with Gasteiger partial charge in [-0.1, -0.05) is 24.3 Å². The minimum absolute atomic E-state index is 0.109. The van der Waals surface area contributed by atoms with Crippen LogP contribution in [0.25, 0.3) is 0 Å². The first kappa shape index (κ1) is 13.2. The Balaban J connectivity index is 2.30. The van der Waals surface area contributed by atoms with Crippen LogP contribution < -0.4 is 5.32 Å². The van der Waals surface area contributed by atoms with Gasteiger partial charge >= 0.3 is 0 Å². The average Bonchev–Trinajstić information content (AvgIpc) is 2.34. The Labute approximate surface area is 97.4 Å². The largest absolute Gasteiger partial charge is 0.392 e. The van der Waals surface area contributed by atoms with Gasteiger partial charge in [0, 0.05) is 26.3 Å². The minimum Gasteiger partial charge on any atom is -0.392 e. The number of rotatable bonds is 7. The van der Waals surface area contributed by atoms with E-state index in [0.717, 1.165) is 25.1 Å². The Kier molecular flexibility index (Phi) is 6.08. The van der Waals surface area contributed by atoms with Gasteiger partial charge in [0.1, 0.15) is 0 Å². The smallest absolute Gasteiger partial charge is 0.0681 e. The molecule has 1 rings (SSSR count). The molecule has 0 spiro atoms. The SMILES string of the molecule is COCCC(C)NCc1ccc(CO)cc1. The average molecular weight is 223 g/mol. The lowest BCUT2D eigenvalue weighted by Crippen LogP contribution is -2.26. The number of hydrogen-bond acceptors (Lipinski definition) is 3. The minimum atomic E-state index is 0.109. The third-order valence-electron chi connectivity index (χ3n) is 2.62. The van der Waals surface area contributed by atoms with Crippen LogP contribution in [0.5, 0.6) is 0 Å². The molecule has 0 heterocycles. The third kappa shape index (κ3) is 4.75. The second-order valence-electron chi connectivity index (χ2n) is 4.04. The quantitative estimate of drug-likeness (QED) is 0.739. The number of hydrogen-bond donors (Lipinski definition) is 2. The highest BCUT2D eigenvalue weighted by molar-refractivity contribution is 5.21. The molecule has 0 fully saturated rings. The van der Waals surface area contributed by atoms with Crippen LogP contribution in [0, 0.1) is 0 Å². The fourth-order valence-electron chi connectivity index (χ4n) is 1.45. The summed E-state index contributed by atoms with van der Waals surface area (Å²) >= 11 is 0. The van der Waals surface area contributed by atoms with E-state index in [1.807, 2.05) is 24.3 Å². The van der Waals surface area contributed by atoms with Gasteiger partial charge in [-0.15, -0.1) is 0 Å². The molecule has 0 saturated carbocycles. The zero-order chi connectivity index (χ0) is 11.8. The molecule has 1 unspecified atom stereocenters. The van der Waals surface area contributed by atoms with Crippen molar-refractivity contribution in [2.45, 2.75) is 32.5 Å². The molecule has 90 valence electrons. The van der Waals surface area contributed by atoms with Crippen molar-refractivity contribution >= 4 is 0 Å². The summed E-state index contributed by atoms with van der Waals surface area (Å²) in [5.41, 5.74) is 2.19. The van der Waals surface area contributed by atoms with E-state index in [0.29, 0.717) is 6.04 Å². The van der Waals surface area contributed by atoms with Crippen LogP contribution in [0.2, 0.25) is 0 Å². The zero-order valence-electron chi connectivity index (χ0n) is 10.1. The lowest BCUT2D eigenvalue weighted by molar-refractivity contribution is 0.184. The number of aliphatic hydroxyl groups excluding tert-OH is 1. The van der Waals surface area contributed by atoms with Crippen molar-refractivity contribution in [3.05, 3.63) is 35.4 Å². The summed E-state index contributed by atoms with van der Waals surface area (Å²) in [5.74, 6) is 0. The standard InChI is InChI=1S/C13H21NO2/c1-11(7-8-16-2)14-9-12-3-5-13(10-15)6-4-12/h3-6,11,14-15H,7-10H2,1-2H3. The monoisotopic (exact) mass is 223 g/mol. The molecule has 0 aromatic heterocycles. The third-order valence-corrected chi connectivity index (χ3v) is 2.62. The maximum Gasteiger partial charge on any atom is 0.0681 e. The molecule has 1 aromatic carbocycles. The van der Waals surface area contributed by atoms with Crippen molar-refractivity contribution < 1.29 is 9.84 Å². The first-order valence-electron chi connectivity index (χ1n) is 5.67. The summed E-state index contributed by atoms with van der Waals surface area (Å²) in [6.45, 7) is 3.91. The highest BCUT2D eigenvalue weighted by atomic mass is 16.5. The first-order chi connectivity index (χ1) is 7.76. The predicted molar refractivity (Wildman–Crippen MR) is 65.2 cm³/mol. The second-order valence-corrected chi connectivity index (χ2v) is 4.04. The van der Waals surface area contributed by atoms with Crippen LogP contribution in [0.4, 0.5) is 0 Å². The highest BCUT2D eigenvalue weighted by Gasteiger charge is 2.00. The van der Waals surface area contributed by atoms with Crippen molar-refractivity contribution in [3.8, 4) is 0 Å². The van der Waals surface area contributed by atoms with E-state index in [-0.39, 0.29) is 6.61 Å². The molecule has 1 aromatic rings. The van der Waals surface area contributed by atoms with Gasteiger partial charge in [0.25, 0.3) is 0 Å². The number of benzene rings is 1. The molecule has 0 aliphatic carbocycles. The lowest BCUT2D eigenvalue weighted by Gasteiger charge is -2.13. The molecule has 3 heteroatoms. The molecule has 0 amide bonds. The Morgan fingerprint density at radius 3 is 2.44 bits per heavy atom. The van der Waals surface area contributed by atoms with Crippen LogP contribution >= 0.6 is 0 Å². The van der Waals surface area contributed by atoms with Gasteiger partial charge in [-0.05, 0) is 24.5 Å². The van der Waals surface area contributed by atoms with Crippen LogP contribution in [-0.2, 0) is 17.9 Å². The first-order valence-corrected chi connectivity index (χ1v) is 5.67. The molecule has 3 nitrogen and oxygen atoms in total. The zero-order valence-corrected chi connectivity index (χ0v) is 10.1. The summed E-state index contributed by atoms with van der Waals surface area (Å²) in [6, 6.07) is 8.45. The van der Waals surface area contributed by atoms with Crippen molar-refractivity contribution in [2.24, 2.45) is 0 Å².